The molecule has 1 atom stereocenters. The molecule has 8 heteroatoms. The smallest absolute Gasteiger partial charge is 0.262 e. The van der Waals surface area contributed by atoms with Gasteiger partial charge in [-0.25, -0.2) is 10.4 Å². The summed E-state index contributed by atoms with van der Waals surface area (Å²) in [6, 6.07) is 7.42. The monoisotopic (exact) mass is 356 g/mol. The number of benzene rings is 1. The van der Waals surface area contributed by atoms with Gasteiger partial charge in [0.15, 0.2) is 5.13 Å². The van der Waals surface area contributed by atoms with E-state index in [4.69, 9.17) is 0 Å². The normalized spacial score (nSPS) is 12.6. The number of rotatable bonds is 5. The number of hydrogen-bond acceptors (Lipinski definition) is 6. The highest BCUT2D eigenvalue weighted by molar-refractivity contribution is 7.22. The molecule has 0 radical (unpaired) electrons. The fraction of sp³-hybridized carbons (Fsp3) is 0.294. The largest absolute Gasteiger partial charge is 0.350 e. The first-order chi connectivity index (χ1) is 12.0. The number of anilines is 1. The van der Waals surface area contributed by atoms with Crippen LogP contribution >= 0.6 is 11.3 Å². The van der Waals surface area contributed by atoms with Gasteiger partial charge >= 0.3 is 0 Å². The zero-order valence-electron chi connectivity index (χ0n) is 14.6. The molecule has 0 aliphatic rings. The molecule has 0 bridgehead atoms. The van der Waals surface area contributed by atoms with Crippen molar-refractivity contribution in [1.82, 2.24) is 20.2 Å². The lowest BCUT2D eigenvalue weighted by molar-refractivity contribution is -0.121. The molecule has 0 saturated heterocycles. The molecule has 2 aromatic heterocycles. The second kappa shape index (κ2) is 7.02. The van der Waals surface area contributed by atoms with Crippen LogP contribution in [0.4, 0.5) is 5.13 Å². The van der Waals surface area contributed by atoms with Crippen LogP contribution in [0.25, 0.3) is 10.2 Å². The summed E-state index contributed by atoms with van der Waals surface area (Å²) in [5.41, 5.74) is 6.26. The number of para-hydroxylation sites is 1. The average Bonchev–Trinajstić information content (AvgIpc) is 3.09. The minimum absolute atomic E-state index is 0.227. The van der Waals surface area contributed by atoms with Gasteiger partial charge < -0.3 is 5.32 Å². The van der Waals surface area contributed by atoms with Gasteiger partial charge in [-0.1, -0.05) is 23.5 Å². The van der Waals surface area contributed by atoms with E-state index in [-0.39, 0.29) is 5.91 Å². The van der Waals surface area contributed by atoms with Crippen LogP contribution < -0.4 is 10.7 Å². The van der Waals surface area contributed by atoms with Gasteiger partial charge in [-0.3, -0.25) is 9.48 Å². The van der Waals surface area contributed by atoms with Crippen molar-refractivity contribution in [2.45, 2.75) is 26.8 Å². The van der Waals surface area contributed by atoms with Crippen LogP contribution in [0.2, 0.25) is 0 Å². The van der Waals surface area contributed by atoms with Crippen LogP contribution in [0.15, 0.2) is 29.4 Å². The maximum Gasteiger partial charge on any atom is 0.262 e. The number of aryl methyl sites for hydroxylation is 2. The van der Waals surface area contributed by atoms with Crippen molar-refractivity contribution in [3.63, 3.8) is 0 Å². The van der Waals surface area contributed by atoms with Gasteiger partial charge in [0.1, 0.15) is 6.04 Å². The first kappa shape index (κ1) is 17.1. The molecule has 0 saturated carbocycles. The molecule has 130 valence electrons. The molecule has 0 unspecified atom stereocenters. The third kappa shape index (κ3) is 3.69. The summed E-state index contributed by atoms with van der Waals surface area (Å²) >= 11 is 1.52. The Morgan fingerprint density at radius 3 is 2.80 bits per heavy atom. The number of fused-ring (bicyclic) bond motifs is 1. The first-order valence-electron chi connectivity index (χ1n) is 7.91. The summed E-state index contributed by atoms with van der Waals surface area (Å²) in [5.74, 6) is -0.227. The number of hydrazone groups is 1. The first-order valence-corrected chi connectivity index (χ1v) is 8.72. The van der Waals surface area contributed by atoms with Crippen LogP contribution in [0.3, 0.4) is 0 Å². The van der Waals surface area contributed by atoms with Gasteiger partial charge in [-0.05, 0) is 32.9 Å². The van der Waals surface area contributed by atoms with Crippen LogP contribution in [-0.2, 0) is 11.8 Å². The molecule has 3 aromatic rings. The summed E-state index contributed by atoms with van der Waals surface area (Å²) in [4.78, 5) is 16.7. The molecule has 2 N–H and O–H groups in total. The van der Waals surface area contributed by atoms with Crippen LogP contribution in [0.1, 0.15) is 23.9 Å². The second-order valence-electron chi connectivity index (χ2n) is 5.80. The third-order valence-corrected chi connectivity index (χ3v) is 4.93. The Kier molecular flexibility index (Phi) is 4.80. The Hall–Kier alpha value is -2.74. The third-order valence-electron chi connectivity index (χ3n) is 3.96. The fourth-order valence-corrected chi connectivity index (χ4v) is 3.37. The number of nitrogens with one attached hydrogen (secondary N) is 2. The highest BCUT2D eigenvalue weighted by Gasteiger charge is 2.14. The van der Waals surface area contributed by atoms with Gasteiger partial charge in [-0.2, -0.15) is 10.2 Å². The van der Waals surface area contributed by atoms with Gasteiger partial charge in [-0.15, -0.1) is 0 Å². The molecule has 0 fully saturated rings. The van der Waals surface area contributed by atoms with Crippen molar-refractivity contribution in [3.05, 3.63) is 41.2 Å². The molecule has 0 spiro atoms. The van der Waals surface area contributed by atoms with Crippen LogP contribution in [0, 0.1) is 13.8 Å². The Labute approximate surface area is 149 Å². The van der Waals surface area contributed by atoms with E-state index < -0.39 is 6.04 Å². The number of carbonyl (C=O) groups is 1. The maximum absolute atomic E-state index is 12.2. The predicted octanol–water partition coefficient (Wildman–Crippen LogP) is 2.60. The number of nitrogens with zero attached hydrogens (tertiary/aromatic N) is 4. The van der Waals surface area contributed by atoms with E-state index in [0.717, 1.165) is 27.2 Å². The highest BCUT2D eigenvalue weighted by Crippen LogP contribution is 2.25. The van der Waals surface area contributed by atoms with Crippen molar-refractivity contribution in [2.75, 3.05) is 5.32 Å². The van der Waals surface area contributed by atoms with Gasteiger partial charge in [0.25, 0.3) is 5.91 Å². The van der Waals surface area contributed by atoms with Gasteiger partial charge in [0.2, 0.25) is 0 Å². The lowest BCUT2D eigenvalue weighted by Gasteiger charge is -2.10. The maximum atomic E-state index is 12.2. The summed E-state index contributed by atoms with van der Waals surface area (Å²) in [5, 5.41) is 12.2. The molecule has 0 aliphatic carbocycles. The zero-order valence-corrected chi connectivity index (χ0v) is 15.4. The fourth-order valence-electron chi connectivity index (χ4n) is 2.42. The van der Waals surface area contributed by atoms with E-state index in [1.807, 2.05) is 45.2 Å². The van der Waals surface area contributed by atoms with Crippen molar-refractivity contribution < 1.29 is 4.79 Å². The lowest BCUT2D eigenvalue weighted by atomic mass is 10.2. The molecule has 1 amide bonds. The minimum atomic E-state index is -0.450. The second-order valence-corrected chi connectivity index (χ2v) is 6.83. The molecular formula is C17H20N6OS. The van der Waals surface area contributed by atoms with E-state index in [9.17, 15) is 4.79 Å². The van der Waals surface area contributed by atoms with Crippen LogP contribution in [-0.4, -0.2) is 32.9 Å². The lowest BCUT2D eigenvalue weighted by Crippen LogP contribution is -2.34. The Morgan fingerprint density at radius 1 is 1.36 bits per heavy atom. The summed E-state index contributed by atoms with van der Waals surface area (Å²) in [6.07, 6.45) is 1.62. The predicted molar refractivity (Wildman–Crippen MR) is 101 cm³/mol. The van der Waals surface area contributed by atoms with Crippen molar-refractivity contribution >= 4 is 38.8 Å². The van der Waals surface area contributed by atoms with E-state index in [2.05, 4.69) is 25.9 Å². The molecule has 7 nitrogen and oxygen atoms in total. The standard InChI is InChI=1S/C17H20N6OS/c1-10-13(12(3)23(4)22-10)9-18-21-16(24)11(2)19-17-20-14-7-5-6-8-15(14)25-17/h5-9,11H,1-4H3,(H,19,20)(H,21,24)/b18-9-/t11-/m1/s1. The molecule has 3 rings (SSSR count). The summed E-state index contributed by atoms with van der Waals surface area (Å²) < 4.78 is 2.87. The number of thiazole rings is 1. The van der Waals surface area contributed by atoms with E-state index in [1.54, 1.807) is 17.8 Å². The van der Waals surface area contributed by atoms with E-state index in [0.29, 0.717) is 5.13 Å². The Bertz CT molecular complexity index is 909. The minimum Gasteiger partial charge on any atom is -0.350 e. The van der Waals surface area contributed by atoms with Gasteiger partial charge in [0.05, 0.1) is 22.1 Å². The number of amides is 1. The molecule has 0 aliphatic heterocycles. The zero-order chi connectivity index (χ0) is 18.0. The molecule has 25 heavy (non-hydrogen) atoms. The topological polar surface area (TPSA) is 84.2 Å². The summed E-state index contributed by atoms with van der Waals surface area (Å²) in [7, 11) is 1.88. The van der Waals surface area contributed by atoms with Crippen molar-refractivity contribution in [2.24, 2.45) is 12.1 Å². The number of aromatic nitrogens is 3. The van der Waals surface area contributed by atoms with E-state index in [1.165, 1.54) is 11.3 Å². The average molecular weight is 356 g/mol. The highest BCUT2D eigenvalue weighted by atomic mass is 32.1. The quantitative estimate of drug-likeness (QED) is 0.544. The molecule has 1 aromatic carbocycles. The molecule has 2 heterocycles. The van der Waals surface area contributed by atoms with Gasteiger partial charge in [0, 0.05) is 18.3 Å². The SMILES string of the molecule is Cc1nn(C)c(C)c1/C=N\NC(=O)[C@@H](C)Nc1nc2ccccc2s1. The number of hydrogen-bond donors (Lipinski definition) is 2. The molecular weight excluding hydrogens is 336 g/mol. The van der Waals surface area contributed by atoms with E-state index >= 15 is 0 Å². The summed E-state index contributed by atoms with van der Waals surface area (Å²) in [6.45, 7) is 5.64. The number of carbonyl (C=O) groups excluding carboxylic acids is 1. The van der Waals surface area contributed by atoms with Crippen molar-refractivity contribution in [1.29, 1.82) is 0 Å². The van der Waals surface area contributed by atoms with Crippen molar-refractivity contribution in [3.8, 4) is 0 Å². The Morgan fingerprint density at radius 2 is 2.12 bits per heavy atom. The van der Waals surface area contributed by atoms with Crippen LogP contribution in [0.5, 0.6) is 0 Å². The Balaban J connectivity index is 1.61.